The Balaban J connectivity index is 2.96. The summed E-state index contributed by atoms with van der Waals surface area (Å²) >= 11 is 3.28. The number of aromatic hydroxyl groups is 1. The number of phenols is 1. The van der Waals surface area contributed by atoms with Gasteiger partial charge in [-0.2, -0.15) is 0 Å². The molecule has 78 valence electrons. The molecule has 0 fully saturated rings. The highest BCUT2D eigenvalue weighted by molar-refractivity contribution is 9.10. The van der Waals surface area contributed by atoms with Crippen LogP contribution in [0.5, 0.6) is 11.5 Å². The van der Waals surface area contributed by atoms with Crippen LogP contribution < -0.4 is 4.74 Å². The Morgan fingerprint density at radius 3 is 2.71 bits per heavy atom. The minimum absolute atomic E-state index is 0.123. The van der Waals surface area contributed by atoms with Gasteiger partial charge < -0.3 is 14.9 Å². The van der Waals surface area contributed by atoms with Crippen molar-refractivity contribution < 1.29 is 14.9 Å². The van der Waals surface area contributed by atoms with Gasteiger partial charge in [0.15, 0.2) is 11.5 Å². The maximum atomic E-state index is 9.76. The lowest BCUT2D eigenvalue weighted by molar-refractivity contribution is 0.287. The summed E-state index contributed by atoms with van der Waals surface area (Å²) in [5, 5.41) is 18.4. The van der Waals surface area contributed by atoms with Crippen LogP contribution in [0.1, 0.15) is 12.0 Å². The minimum atomic E-state index is 0.123. The number of hydrogen-bond acceptors (Lipinski definition) is 3. The average Bonchev–Trinajstić information content (AvgIpc) is 2.18. The average molecular weight is 261 g/mol. The number of aryl methyl sites for hydroxylation is 1. The van der Waals surface area contributed by atoms with Gasteiger partial charge in [-0.15, -0.1) is 0 Å². The van der Waals surface area contributed by atoms with E-state index in [0.717, 1.165) is 10.0 Å². The van der Waals surface area contributed by atoms with E-state index in [9.17, 15) is 5.11 Å². The molecule has 1 aromatic carbocycles. The second-order valence-corrected chi connectivity index (χ2v) is 3.77. The van der Waals surface area contributed by atoms with Crippen LogP contribution in [0.15, 0.2) is 16.6 Å². The van der Waals surface area contributed by atoms with Crippen LogP contribution in [0.3, 0.4) is 0 Å². The quantitative estimate of drug-likeness (QED) is 0.872. The minimum Gasteiger partial charge on any atom is -0.504 e. The summed E-state index contributed by atoms with van der Waals surface area (Å²) in [6.07, 6.45) is 1.28. The summed E-state index contributed by atoms with van der Waals surface area (Å²) in [4.78, 5) is 0. The molecule has 0 radical (unpaired) electrons. The van der Waals surface area contributed by atoms with Gasteiger partial charge in [-0.3, -0.25) is 0 Å². The smallest absolute Gasteiger partial charge is 0.174 e. The van der Waals surface area contributed by atoms with Crippen molar-refractivity contribution in [1.82, 2.24) is 0 Å². The lowest BCUT2D eigenvalue weighted by Gasteiger charge is -2.09. The van der Waals surface area contributed by atoms with E-state index >= 15 is 0 Å². The van der Waals surface area contributed by atoms with Crippen molar-refractivity contribution in [1.29, 1.82) is 0 Å². The normalized spacial score (nSPS) is 10.2. The third-order valence-electron chi connectivity index (χ3n) is 1.98. The second-order valence-electron chi connectivity index (χ2n) is 2.92. The molecule has 0 aliphatic carbocycles. The number of aliphatic hydroxyl groups excluding tert-OH is 1. The maximum Gasteiger partial charge on any atom is 0.174 e. The molecule has 0 aliphatic heterocycles. The first-order chi connectivity index (χ1) is 6.70. The van der Waals surface area contributed by atoms with E-state index in [2.05, 4.69) is 15.9 Å². The van der Waals surface area contributed by atoms with Gasteiger partial charge in [0, 0.05) is 6.61 Å². The molecular formula is C10H13BrO3. The molecule has 0 aliphatic rings. The molecule has 14 heavy (non-hydrogen) atoms. The highest BCUT2D eigenvalue weighted by atomic mass is 79.9. The first-order valence-electron chi connectivity index (χ1n) is 4.36. The Morgan fingerprint density at radius 2 is 2.14 bits per heavy atom. The van der Waals surface area contributed by atoms with E-state index in [1.807, 2.05) is 12.1 Å². The van der Waals surface area contributed by atoms with Crippen LogP contribution in [0, 0.1) is 0 Å². The Kier molecular flexibility index (Phi) is 4.22. The molecule has 1 aromatic rings. The number of benzene rings is 1. The van der Waals surface area contributed by atoms with E-state index in [1.165, 1.54) is 7.11 Å². The van der Waals surface area contributed by atoms with Gasteiger partial charge in [-0.05, 0) is 40.4 Å². The Hall–Kier alpha value is -0.740. The van der Waals surface area contributed by atoms with Crippen molar-refractivity contribution in [2.24, 2.45) is 0 Å². The predicted octanol–water partition coefficient (Wildman–Crippen LogP) is 2.09. The largest absolute Gasteiger partial charge is 0.504 e. The monoisotopic (exact) mass is 260 g/mol. The Morgan fingerprint density at radius 1 is 1.43 bits per heavy atom. The molecule has 0 bridgehead atoms. The maximum absolute atomic E-state index is 9.76. The van der Waals surface area contributed by atoms with Crippen molar-refractivity contribution in [3.63, 3.8) is 0 Å². The number of hydrogen-bond donors (Lipinski definition) is 2. The topological polar surface area (TPSA) is 49.7 Å². The number of rotatable bonds is 4. The molecule has 0 aromatic heterocycles. The molecule has 0 saturated heterocycles. The van der Waals surface area contributed by atoms with Crippen molar-refractivity contribution in [3.8, 4) is 11.5 Å². The number of phenolic OH excluding ortho intramolecular Hbond substituents is 1. The van der Waals surface area contributed by atoms with Gasteiger partial charge >= 0.3 is 0 Å². The molecule has 0 saturated carbocycles. The fourth-order valence-electron chi connectivity index (χ4n) is 1.25. The van der Waals surface area contributed by atoms with Gasteiger partial charge in [-0.1, -0.05) is 6.07 Å². The lowest BCUT2D eigenvalue weighted by atomic mass is 10.1. The highest BCUT2D eigenvalue weighted by Crippen LogP contribution is 2.37. The fourth-order valence-corrected chi connectivity index (χ4v) is 1.73. The molecular weight excluding hydrogens is 248 g/mol. The predicted molar refractivity (Wildman–Crippen MR) is 57.8 cm³/mol. The second kappa shape index (κ2) is 5.22. The van der Waals surface area contributed by atoms with E-state index in [4.69, 9.17) is 9.84 Å². The first-order valence-corrected chi connectivity index (χ1v) is 5.15. The van der Waals surface area contributed by atoms with Crippen LogP contribution in [0.25, 0.3) is 0 Å². The lowest BCUT2D eigenvalue weighted by Crippen LogP contribution is -1.93. The third-order valence-corrected chi connectivity index (χ3v) is 2.60. The molecule has 0 unspecified atom stereocenters. The van der Waals surface area contributed by atoms with Gasteiger partial charge in [0.05, 0.1) is 11.6 Å². The summed E-state index contributed by atoms with van der Waals surface area (Å²) < 4.78 is 5.76. The summed E-state index contributed by atoms with van der Waals surface area (Å²) in [6, 6.07) is 3.64. The summed E-state index contributed by atoms with van der Waals surface area (Å²) in [6.45, 7) is 0.123. The first kappa shape index (κ1) is 11.3. The van der Waals surface area contributed by atoms with Crippen LogP contribution >= 0.6 is 15.9 Å². The molecule has 0 heterocycles. The fraction of sp³-hybridized carbons (Fsp3) is 0.400. The Labute approximate surface area is 91.5 Å². The van der Waals surface area contributed by atoms with Gasteiger partial charge in [0.1, 0.15) is 0 Å². The SMILES string of the molecule is COc1c(Br)ccc(CCCO)c1O. The van der Waals surface area contributed by atoms with Gasteiger partial charge in [0.2, 0.25) is 0 Å². The summed E-state index contributed by atoms with van der Waals surface area (Å²) in [5.41, 5.74) is 0.791. The van der Waals surface area contributed by atoms with E-state index in [-0.39, 0.29) is 12.4 Å². The van der Waals surface area contributed by atoms with Gasteiger partial charge in [0.25, 0.3) is 0 Å². The summed E-state index contributed by atoms with van der Waals surface area (Å²) in [7, 11) is 1.51. The van der Waals surface area contributed by atoms with E-state index < -0.39 is 0 Å². The molecule has 4 heteroatoms. The molecule has 2 N–H and O–H groups in total. The van der Waals surface area contributed by atoms with E-state index in [1.54, 1.807) is 0 Å². The molecule has 0 amide bonds. The standard InChI is InChI=1S/C10H13BrO3/c1-14-10-8(11)5-4-7(9(10)13)3-2-6-12/h4-5,12-13H,2-3,6H2,1H3. The molecule has 0 atom stereocenters. The van der Waals surface area contributed by atoms with E-state index in [0.29, 0.717) is 18.6 Å². The van der Waals surface area contributed by atoms with Crippen LogP contribution in [0.4, 0.5) is 0 Å². The zero-order valence-corrected chi connectivity index (χ0v) is 9.54. The number of methoxy groups -OCH3 is 1. The zero-order chi connectivity index (χ0) is 10.6. The van der Waals surface area contributed by atoms with Crippen LogP contribution in [-0.4, -0.2) is 23.9 Å². The Bertz CT molecular complexity index is 312. The number of ether oxygens (including phenoxy) is 1. The highest BCUT2D eigenvalue weighted by Gasteiger charge is 2.10. The van der Waals surface area contributed by atoms with Crippen LogP contribution in [-0.2, 0) is 6.42 Å². The van der Waals surface area contributed by atoms with Crippen molar-refractivity contribution in [2.45, 2.75) is 12.8 Å². The number of aliphatic hydroxyl groups is 1. The van der Waals surface area contributed by atoms with Crippen molar-refractivity contribution >= 4 is 15.9 Å². The van der Waals surface area contributed by atoms with Crippen molar-refractivity contribution in [2.75, 3.05) is 13.7 Å². The molecule has 1 rings (SSSR count). The zero-order valence-electron chi connectivity index (χ0n) is 7.96. The van der Waals surface area contributed by atoms with Crippen LogP contribution in [0.2, 0.25) is 0 Å². The molecule has 3 nitrogen and oxygen atoms in total. The van der Waals surface area contributed by atoms with Gasteiger partial charge in [-0.25, -0.2) is 0 Å². The third kappa shape index (κ3) is 2.39. The molecule has 0 spiro atoms. The van der Waals surface area contributed by atoms with Crippen molar-refractivity contribution in [3.05, 3.63) is 22.2 Å². The number of halogens is 1. The summed E-state index contributed by atoms with van der Waals surface area (Å²) in [5.74, 6) is 0.593.